The summed E-state index contributed by atoms with van der Waals surface area (Å²) in [6.45, 7) is 8.67. The van der Waals surface area contributed by atoms with Gasteiger partial charge < -0.3 is 14.4 Å². The van der Waals surface area contributed by atoms with Crippen LogP contribution < -0.4 is 5.32 Å². The van der Waals surface area contributed by atoms with Crippen LogP contribution in [0.2, 0.25) is 0 Å². The van der Waals surface area contributed by atoms with E-state index < -0.39 is 5.60 Å². The molecule has 0 spiro atoms. The van der Waals surface area contributed by atoms with Crippen molar-refractivity contribution in [2.24, 2.45) is 0 Å². The highest BCUT2D eigenvalue weighted by atomic mass is 16.6. The van der Waals surface area contributed by atoms with Gasteiger partial charge in [-0.1, -0.05) is 6.92 Å². The van der Waals surface area contributed by atoms with E-state index in [9.17, 15) is 9.59 Å². The first-order chi connectivity index (χ1) is 9.26. The molecule has 0 aromatic rings. The first kappa shape index (κ1) is 16.8. The SMILES string of the molecule is CCC(NC1CCN(C(=O)OC(C)(C)C)C1)C(=O)OC. The van der Waals surface area contributed by atoms with Crippen molar-refractivity contribution in [3.8, 4) is 0 Å². The van der Waals surface area contributed by atoms with Gasteiger partial charge in [0.25, 0.3) is 0 Å². The molecule has 1 aliphatic heterocycles. The highest BCUT2D eigenvalue weighted by Gasteiger charge is 2.31. The number of nitrogens with zero attached hydrogens (tertiary/aromatic N) is 1. The molecule has 116 valence electrons. The van der Waals surface area contributed by atoms with Crippen LogP contribution in [0.15, 0.2) is 0 Å². The van der Waals surface area contributed by atoms with E-state index in [0.29, 0.717) is 19.5 Å². The Bertz CT molecular complexity index is 352. The molecule has 0 bridgehead atoms. The number of esters is 1. The number of hydrogen-bond donors (Lipinski definition) is 1. The average molecular weight is 286 g/mol. The van der Waals surface area contributed by atoms with Crippen LogP contribution >= 0.6 is 0 Å². The lowest BCUT2D eigenvalue weighted by atomic mass is 10.1. The van der Waals surface area contributed by atoms with E-state index in [1.165, 1.54) is 7.11 Å². The molecule has 1 N–H and O–H groups in total. The molecule has 1 aliphatic rings. The monoisotopic (exact) mass is 286 g/mol. The van der Waals surface area contributed by atoms with Gasteiger partial charge in [-0.2, -0.15) is 0 Å². The largest absolute Gasteiger partial charge is 0.468 e. The number of nitrogens with one attached hydrogen (secondary N) is 1. The van der Waals surface area contributed by atoms with E-state index in [0.717, 1.165) is 6.42 Å². The highest BCUT2D eigenvalue weighted by Crippen LogP contribution is 2.16. The number of methoxy groups -OCH3 is 1. The van der Waals surface area contributed by atoms with Crippen LogP contribution in [-0.4, -0.2) is 54.8 Å². The normalized spacial score (nSPS) is 20.6. The Morgan fingerprint density at radius 1 is 1.40 bits per heavy atom. The van der Waals surface area contributed by atoms with Gasteiger partial charge in [0, 0.05) is 19.1 Å². The second kappa shape index (κ2) is 6.92. The zero-order chi connectivity index (χ0) is 15.3. The Balaban J connectivity index is 2.47. The van der Waals surface area contributed by atoms with Crippen LogP contribution in [0, 0.1) is 0 Å². The summed E-state index contributed by atoms with van der Waals surface area (Å²) in [6, 6.07) is -0.213. The maximum Gasteiger partial charge on any atom is 0.410 e. The maximum absolute atomic E-state index is 11.9. The van der Waals surface area contributed by atoms with Gasteiger partial charge in [0.05, 0.1) is 7.11 Å². The number of amides is 1. The Hall–Kier alpha value is -1.30. The van der Waals surface area contributed by atoms with Crippen LogP contribution in [0.3, 0.4) is 0 Å². The number of rotatable bonds is 4. The quantitative estimate of drug-likeness (QED) is 0.794. The molecular formula is C14H26N2O4. The van der Waals surface area contributed by atoms with Crippen molar-refractivity contribution < 1.29 is 19.1 Å². The molecule has 20 heavy (non-hydrogen) atoms. The lowest BCUT2D eigenvalue weighted by Gasteiger charge is -2.25. The third-order valence-corrected chi connectivity index (χ3v) is 3.17. The summed E-state index contributed by atoms with van der Waals surface area (Å²) in [5, 5.41) is 3.24. The van der Waals surface area contributed by atoms with Gasteiger partial charge in [0.15, 0.2) is 0 Å². The van der Waals surface area contributed by atoms with Gasteiger partial charge in [-0.15, -0.1) is 0 Å². The number of carbonyl (C=O) groups is 2. The zero-order valence-corrected chi connectivity index (χ0v) is 13.1. The smallest absolute Gasteiger partial charge is 0.410 e. The van der Waals surface area contributed by atoms with Crippen molar-refractivity contribution in [2.45, 2.75) is 58.2 Å². The summed E-state index contributed by atoms with van der Waals surface area (Å²) >= 11 is 0. The first-order valence-electron chi connectivity index (χ1n) is 7.08. The average Bonchev–Trinajstić information content (AvgIpc) is 2.81. The summed E-state index contributed by atoms with van der Waals surface area (Å²) in [5.74, 6) is -0.261. The number of carbonyl (C=O) groups excluding carboxylic acids is 2. The fraction of sp³-hybridized carbons (Fsp3) is 0.857. The molecule has 6 nitrogen and oxygen atoms in total. The van der Waals surface area contributed by atoms with Crippen LogP contribution in [-0.2, 0) is 14.3 Å². The molecule has 6 heteroatoms. The fourth-order valence-corrected chi connectivity index (χ4v) is 2.17. The molecule has 2 unspecified atom stereocenters. The van der Waals surface area contributed by atoms with Crippen molar-refractivity contribution in [2.75, 3.05) is 20.2 Å². The zero-order valence-electron chi connectivity index (χ0n) is 13.1. The molecule has 0 saturated carbocycles. The Kier molecular flexibility index (Phi) is 5.80. The van der Waals surface area contributed by atoms with Crippen molar-refractivity contribution in [1.29, 1.82) is 0 Å². The molecule has 0 radical (unpaired) electrons. The number of likely N-dealkylation sites (tertiary alicyclic amines) is 1. The van der Waals surface area contributed by atoms with Gasteiger partial charge in [-0.25, -0.2) is 4.79 Å². The van der Waals surface area contributed by atoms with E-state index in [1.54, 1.807) is 4.90 Å². The third kappa shape index (κ3) is 5.00. The van der Waals surface area contributed by atoms with Gasteiger partial charge >= 0.3 is 12.1 Å². The van der Waals surface area contributed by atoms with Crippen LogP contribution in [0.1, 0.15) is 40.5 Å². The minimum atomic E-state index is -0.486. The molecule has 0 aromatic heterocycles. The number of hydrogen-bond acceptors (Lipinski definition) is 5. The number of ether oxygens (including phenoxy) is 2. The summed E-state index contributed by atoms with van der Waals surface area (Å²) in [5.41, 5.74) is -0.486. The van der Waals surface area contributed by atoms with Crippen LogP contribution in [0.25, 0.3) is 0 Å². The standard InChI is InChI=1S/C14H26N2O4/c1-6-11(12(17)19-5)15-10-7-8-16(9-10)13(18)20-14(2,3)4/h10-11,15H,6-9H2,1-5H3. The second-order valence-electron chi connectivity index (χ2n) is 6.06. The molecule has 1 fully saturated rings. The summed E-state index contributed by atoms with van der Waals surface area (Å²) < 4.78 is 10.1. The topological polar surface area (TPSA) is 67.9 Å². The predicted octanol–water partition coefficient (Wildman–Crippen LogP) is 1.54. The fourth-order valence-electron chi connectivity index (χ4n) is 2.17. The van der Waals surface area contributed by atoms with Crippen molar-refractivity contribution in [3.63, 3.8) is 0 Å². The summed E-state index contributed by atoms with van der Waals surface area (Å²) in [6.07, 6.45) is 1.18. The molecule has 2 atom stereocenters. The van der Waals surface area contributed by atoms with Gasteiger partial charge in [-0.05, 0) is 33.6 Å². The lowest BCUT2D eigenvalue weighted by Crippen LogP contribution is -2.45. The first-order valence-corrected chi connectivity index (χ1v) is 7.08. The van der Waals surface area contributed by atoms with Gasteiger partial charge in [0.2, 0.25) is 0 Å². The van der Waals surface area contributed by atoms with Crippen molar-refractivity contribution >= 4 is 12.1 Å². The Morgan fingerprint density at radius 2 is 2.05 bits per heavy atom. The minimum Gasteiger partial charge on any atom is -0.468 e. The minimum absolute atomic E-state index is 0.103. The molecule has 0 aromatic carbocycles. The van der Waals surface area contributed by atoms with E-state index in [2.05, 4.69) is 5.32 Å². The van der Waals surface area contributed by atoms with Gasteiger partial charge in [0.1, 0.15) is 11.6 Å². The van der Waals surface area contributed by atoms with Gasteiger partial charge in [-0.3, -0.25) is 10.1 Å². The van der Waals surface area contributed by atoms with E-state index in [1.807, 2.05) is 27.7 Å². The maximum atomic E-state index is 11.9. The Labute approximate surface area is 120 Å². The predicted molar refractivity (Wildman–Crippen MR) is 75.4 cm³/mol. The molecule has 1 rings (SSSR count). The highest BCUT2D eigenvalue weighted by molar-refractivity contribution is 5.75. The lowest BCUT2D eigenvalue weighted by molar-refractivity contribution is -0.143. The molecule has 1 saturated heterocycles. The Morgan fingerprint density at radius 3 is 2.55 bits per heavy atom. The van der Waals surface area contributed by atoms with Crippen molar-refractivity contribution in [3.05, 3.63) is 0 Å². The third-order valence-electron chi connectivity index (χ3n) is 3.17. The molecule has 0 aliphatic carbocycles. The van der Waals surface area contributed by atoms with Crippen LogP contribution in [0.5, 0.6) is 0 Å². The summed E-state index contributed by atoms with van der Waals surface area (Å²) in [7, 11) is 1.38. The van der Waals surface area contributed by atoms with E-state index in [-0.39, 0.29) is 24.1 Å². The molecule has 1 amide bonds. The van der Waals surface area contributed by atoms with E-state index >= 15 is 0 Å². The van der Waals surface area contributed by atoms with Crippen molar-refractivity contribution in [1.82, 2.24) is 10.2 Å². The molecule has 1 heterocycles. The van der Waals surface area contributed by atoms with Crippen LogP contribution in [0.4, 0.5) is 4.79 Å². The summed E-state index contributed by atoms with van der Waals surface area (Å²) in [4.78, 5) is 25.2. The molecular weight excluding hydrogens is 260 g/mol. The van der Waals surface area contributed by atoms with E-state index in [4.69, 9.17) is 9.47 Å². The second-order valence-corrected chi connectivity index (χ2v) is 6.06.